The second-order valence-corrected chi connectivity index (χ2v) is 4.18. The van der Waals surface area contributed by atoms with Crippen LogP contribution in [-0.4, -0.2) is 12.1 Å². The fourth-order valence-corrected chi connectivity index (χ4v) is 2.32. The molecule has 0 radical (unpaired) electrons. The number of hydrogen-bond acceptors (Lipinski definition) is 2. The van der Waals surface area contributed by atoms with E-state index in [0.717, 1.165) is 6.54 Å². The van der Waals surface area contributed by atoms with Gasteiger partial charge in [0.2, 0.25) is 0 Å². The molecule has 2 nitrogen and oxygen atoms in total. The van der Waals surface area contributed by atoms with Gasteiger partial charge < -0.3 is 0 Å². The zero-order valence-corrected chi connectivity index (χ0v) is 8.77. The lowest BCUT2D eigenvalue weighted by Crippen LogP contribution is -2.48. The van der Waals surface area contributed by atoms with Crippen molar-refractivity contribution in [1.82, 2.24) is 5.32 Å². The Hall–Kier alpha value is -0.550. The molecule has 0 aliphatic heterocycles. The molecular formula is C11H20N2. The molecule has 0 spiro atoms. The SMILES string of the molecule is CCNC(C)(C#N)C1CCCCC1. The summed E-state index contributed by atoms with van der Waals surface area (Å²) < 4.78 is 0. The summed E-state index contributed by atoms with van der Waals surface area (Å²) in [6.45, 7) is 5.01. The molecule has 0 saturated heterocycles. The molecule has 0 aromatic carbocycles. The first kappa shape index (κ1) is 10.5. The Labute approximate surface area is 81.3 Å². The molecule has 1 fully saturated rings. The second-order valence-electron chi connectivity index (χ2n) is 4.18. The molecule has 0 heterocycles. The maximum atomic E-state index is 9.16. The molecule has 1 N–H and O–H groups in total. The zero-order chi connectivity index (χ0) is 9.73. The van der Waals surface area contributed by atoms with Crippen molar-refractivity contribution in [3.63, 3.8) is 0 Å². The van der Waals surface area contributed by atoms with Crippen molar-refractivity contribution < 1.29 is 0 Å². The van der Waals surface area contributed by atoms with Crippen LogP contribution in [0.4, 0.5) is 0 Å². The fourth-order valence-electron chi connectivity index (χ4n) is 2.32. The van der Waals surface area contributed by atoms with E-state index in [1.54, 1.807) is 0 Å². The first-order chi connectivity index (χ1) is 6.23. The van der Waals surface area contributed by atoms with Crippen LogP contribution in [0.1, 0.15) is 46.0 Å². The highest BCUT2D eigenvalue weighted by molar-refractivity contribution is 5.08. The van der Waals surface area contributed by atoms with Crippen LogP contribution < -0.4 is 5.32 Å². The first-order valence-electron chi connectivity index (χ1n) is 5.39. The minimum absolute atomic E-state index is 0.283. The highest BCUT2D eigenvalue weighted by Crippen LogP contribution is 2.32. The van der Waals surface area contributed by atoms with Crippen LogP contribution in [0.3, 0.4) is 0 Å². The largest absolute Gasteiger partial charge is 0.300 e. The van der Waals surface area contributed by atoms with Crippen molar-refractivity contribution in [2.24, 2.45) is 5.92 Å². The van der Waals surface area contributed by atoms with E-state index in [-0.39, 0.29) is 5.54 Å². The van der Waals surface area contributed by atoms with Gasteiger partial charge in [0.25, 0.3) is 0 Å². The Kier molecular flexibility index (Phi) is 3.74. The molecule has 1 atom stereocenters. The third-order valence-electron chi connectivity index (χ3n) is 3.20. The first-order valence-corrected chi connectivity index (χ1v) is 5.39. The topological polar surface area (TPSA) is 35.8 Å². The molecule has 0 amide bonds. The lowest BCUT2D eigenvalue weighted by atomic mass is 9.76. The molecule has 74 valence electrons. The van der Waals surface area contributed by atoms with Gasteiger partial charge in [0, 0.05) is 0 Å². The van der Waals surface area contributed by atoms with Crippen molar-refractivity contribution in [2.45, 2.75) is 51.5 Å². The number of nitrogens with one attached hydrogen (secondary N) is 1. The molecule has 0 bridgehead atoms. The van der Waals surface area contributed by atoms with Gasteiger partial charge in [-0.15, -0.1) is 0 Å². The maximum Gasteiger partial charge on any atom is 0.106 e. The van der Waals surface area contributed by atoms with Crippen molar-refractivity contribution >= 4 is 0 Å². The quantitative estimate of drug-likeness (QED) is 0.724. The number of nitriles is 1. The molecular weight excluding hydrogens is 160 g/mol. The Morgan fingerprint density at radius 2 is 2.00 bits per heavy atom. The fraction of sp³-hybridized carbons (Fsp3) is 0.909. The Balaban J connectivity index is 2.58. The summed E-state index contributed by atoms with van der Waals surface area (Å²) in [6, 6.07) is 2.44. The van der Waals surface area contributed by atoms with Gasteiger partial charge in [0.15, 0.2) is 0 Å². The summed E-state index contributed by atoms with van der Waals surface area (Å²) in [4.78, 5) is 0. The van der Waals surface area contributed by atoms with Crippen molar-refractivity contribution in [3.8, 4) is 6.07 Å². The molecule has 1 unspecified atom stereocenters. The highest BCUT2D eigenvalue weighted by Gasteiger charge is 2.33. The molecule has 2 heteroatoms. The van der Waals surface area contributed by atoms with Gasteiger partial charge in [-0.3, -0.25) is 5.32 Å². The number of rotatable bonds is 3. The zero-order valence-electron chi connectivity index (χ0n) is 8.77. The minimum Gasteiger partial charge on any atom is -0.300 e. The van der Waals surface area contributed by atoms with Gasteiger partial charge in [0.05, 0.1) is 6.07 Å². The van der Waals surface area contributed by atoms with E-state index < -0.39 is 0 Å². The molecule has 0 aromatic heterocycles. The average Bonchev–Trinajstić information content (AvgIpc) is 2.19. The van der Waals surface area contributed by atoms with E-state index in [9.17, 15) is 0 Å². The molecule has 0 aromatic rings. The predicted octanol–water partition coefficient (Wildman–Crippen LogP) is 2.46. The summed E-state index contributed by atoms with van der Waals surface area (Å²) in [5.41, 5.74) is -0.283. The van der Waals surface area contributed by atoms with E-state index in [4.69, 9.17) is 5.26 Å². The van der Waals surface area contributed by atoms with Crippen LogP contribution in [0.5, 0.6) is 0 Å². The van der Waals surface area contributed by atoms with Gasteiger partial charge in [-0.1, -0.05) is 26.2 Å². The smallest absolute Gasteiger partial charge is 0.106 e. The highest BCUT2D eigenvalue weighted by atomic mass is 15.0. The Morgan fingerprint density at radius 1 is 1.38 bits per heavy atom. The van der Waals surface area contributed by atoms with Crippen LogP contribution >= 0.6 is 0 Å². The maximum absolute atomic E-state index is 9.16. The van der Waals surface area contributed by atoms with E-state index in [2.05, 4.69) is 18.3 Å². The van der Waals surface area contributed by atoms with Crippen molar-refractivity contribution in [2.75, 3.05) is 6.54 Å². The van der Waals surface area contributed by atoms with E-state index in [1.807, 2.05) is 6.92 Å². The monoisotopic (exact) mass is 180 g/mol. The second kappa shape index (κ2) is 4.62. The van der Waals surface area contributed by atoms with Gasteiger partial charge in [-0.2, -0.15) is 5.26 Å². The lowest BCUT2D eigenvalue weighted by Gasteiger charge is -2.34. The van der Waals surface area contributed by atoms with E-state index >= 15 is 0 Å². The van der Waals surface area contributed by atoms with Crippen LogP contribution in [-0.2, 0) is 0 Å². The molecule has 1 aliphatic carbocycles. The van der Waals surface area contributed by atoms with E-state index in [1.165, 1.54) is 32.1 Å². The molecule has 1 aliphatic rings. The van der Waals surface area contributed by atoms with E-state index in [0.29, 0.717) is 5.92 Å². The van der Waals surface area contributed by atoms with Gasteiger partial charge in [0.1, 0.15) is 5.54 Å². The van der Waals surface area contributed by atoms with Crippen LogP contribution in [0, 0.1) is 17.2 Å². The van der Waals surface area contributed by atoms with Gasteiger partial charge in [-0.25, -0.2) is 0 Å². The van der Waals surface area contributed by atoms with Gasteiger partial charge in [-0.05, 0) is 32.2 Å². The summed E-state index contributed by atoms with van der Waals surface area (Å²) in [5.74, 6) is 0.561. The average molecular weight is 180 g/mol. The predicted molar refractivity (Wildman–Crippen MR) is 54.3 cm³/mol. The summed E-state index contributed by atoms with van der Waals surface area (Å²) in [7, 11) is 0. The molecule has 13 heavy (non-hydrogen) atoms. The molecule has 1 saturated carbocycles. The lowest BCUT2D eigenvalue weighted by molar-refractivity contribution is 0.230. The van der Waals surface area contributed by atoms with Crippen LogP contribution in [0.15, 0.2) is 0 Å². The Bertz CT molecular complexity index is 189. The summed E-state index contributed by atoms with van der Waals surface area (Å²) >= 11 is 0. The normalized spacial score (nSPS) is 23.5. The third-order valence-corrected chi connectivity index (χ3v) is 3.20. The third kappa shape index (κ3) is 2.45. The Morgan fingerprint density at radius 3 is 2.46 bits per heavy atom. The standard InChI is InChI=1S/C11H20N2/c1-3-13-11(2,9-12)10-7-5-4-6-8-10/h10,13H,3-8H2,1-2H3. The number of hydrogen-bond donors (Lipinski definition) is 1. The summed E-state index contributed by atoms with van der Waals surface area (Å²) in [5, 5.41) is 12.5. The number of nitrogens with zero attached hydrogens (tertiary/aromatic N) is 1. The van der Waals surface area contributed by atoms with Crippen LogP contribution in [0.2, 0.25) is 0 Å². The molecule has 1 rings (SSSR count). The van der Waals surface area contributed by atoms with Crippen molar-refractivity contribution in [1.29, 1.82) is 5.26 Å². The van der Waals surface area contributed by atoms with Crippen LogP contribution in [0.25, 0.3) is 0 Å². The van der Waals surface area contributed by atoms with Gasteiger partial charge >= 0.3 is 0 Å². The summed E-state index contributed by atoms with van der Waals surface area (Å²) in [6.07, 6.45) is 6.39. The minimum atomic E-state index is -0.283. The van der Waals surface area contributed by atoms with Crippen molar-refractivity contribution in [3.05, 3.63) is 0 Å².